The fourth-order valence-corrected chi connectivity index (χ4v) is 5.34. The number of aromatic amines is 1. The monoisotopic (exact) mass is 568 g/mol. The van der Waals surface area contributed by atoms with Crippen LogP contribution in [0.2, 0.25) is 15.1 Å². The minimum Gasteiger partial charge on any atom is -0.471 e. The number of ether oxygens (including phenoxy) is 1. The van der Waals surface area contributed by atoms with Crippen molar-refractivity contribution < 1.29 is 9.53 Å². The van der Waals surface area contributed by atoms with Gasteiger partial charge in [-0.15, -0.1) is 0 Å². The zero-order valence-corrected chi connectivity index (χ0v) is 23.7. The molecule has 1 amide bonds. The van der Waals surface area contributed by atoms with Crippen LogP contribution in [0.25, 0.3) is 22.4 Å². The summed E-state index contributed by atoms with van der Waals surface area (Å²) in [5.74, 6) is 0.336. The second-order valence-electron chi connectivity index (χ2n) is 10.2. The van der Waals surface area contributed by atoms with Crippen LogP contribution in [0, 0.1) is 13.8 Å². The van der Waals surface area contributed by atoms with Gasteiger partial charge < -0.3 is 10.1 Å². The molecule has 6 nitrogen and oxygen atoms in total. The largest absolute Gasteiger partial charge is 0.471 e. The Balaban J connectivity index is 1.60. The molecule has 9 heteroatoms. The Labute approximate surface area is 236 Å². The molecular formula is C29H27Cl3N4O2. The molecule has 1 aliphatic rings. The Bertz CT molecular complexity index is 1530. The van der Waals surface area contributed by atoms with Crippen molar-refractivity contribution in [2.24, 2.45) is 0 Å². The lowest BCUT2D eigenvalue weighted by atomic mass is 9.88. The summed E-state index contributed by atoms with van der Waals surface area (Å²) in [6.07, 6.45) is 0.756. The van der Waals surface area contributed by atoms with Crippen molar-refractivity contribution in [1.29, 1.82) is 0 Å². The van der Waals surface area contributed by atoms with E-state index in [0.717, 1.165) is 39.2 Å². The number of rotatable bonds is 5. The summed E-state index contributed by atoms with van der Waals surface area (Å²) in [6.45, 7) is 7.87. The number of hydrogen-bond donors (Lipinski definition) is 2. The molecule has 38 heavy (non-hydrogen) atoms. The van der Waals surface area contributed by atoms with Crippen LogP contribution in [-0.4, -0.2) is 26.7 Å². The van der Waals surface area contributed by atoms with Crippen molar-refractivity contribution in [3.05, 3.63) is 86.1 Å². The average molecular weight is 570 g/mol. The zero-order valence-electron chi connectivity index (χ0n) is 21.5. The molecule has 0 fully saturated rings. The molecule has 4 aromatic rings. The van der Waals surface area contributed by atoms with Gasteiger partial charge in [0.1, 0.15) is 5.60 Å². The SMILES string of the molecule is Cc1[nH]nc(CC(=O)N[C@@H]2CC(C)(C)Oc3nc(-c4ccc(Cl)cc4Cl)c(-c4ccc(Cl)cc4)cc32)c1C. The van der Waals surface area contributed by atoms with Gasteiger partial charge in [0.15, 0.2) is 0 Å². The smallest absolute Gasteiger partial charge is 0.226 e. The van der Waals surface area contributed by atoms with Gasteiger partial charge in [-0.2, -0.15) is 5.10 Å². The van der Waals surface area contributed by atoms with Crippen molar-refractivity contribution in [1.82, 2.24) is 20.5 Å². The fraction of sp³-hybridized carbons (Fsp3) is 0.276. The minimum atomic E-state index is -0.556. The molecule has 2 N–H and O–H groups in total. The van der Waals surface area contributed by atoms with Gasteiger partial charge in [0.2, 0.25) is 11.8 Å². The van der Waals surface area contributed by atoms with Crippen LogP contribution < -0.4 is 10.1 Å². The van der Waals surface area contributed by atoms with Gasteiger partial charge in [0, 0.05) is 38.9 Å². The molecule has 1 aliphatic heterocycles. The minimum absolute atomic E-state index is 0.119. The summed E-state index contributed by atoms with van der Waals surface area (Å²) in [5.41, 5.74) is 6.04. The highest BCUT2D eigenvalue weighted by Crippen LogP contribution is 2.45. The van der Waals surface area contributed by atoms with Gasteiger partial charge in [0.25, 0.3) is 0 Å². The maximum absolute atomic E-state index is 13.1. The third kappa shape index (κ3) is 5.39. The lowest BCUT2D eigenvalue weighted by Crippen LogP contribution is -2.42. The van der Waals surface area contributed by atoms with Crippen LogP contribution >= 0.6 is 34.8 Å². The van der Waals surface area contributed by atoms with Crippen LogP contribution in [0.3, 0.4) is 0 Å². The molecule has 0 aliphatic carbocycles. The highest BCUT2D eigenvalue weighted by molar-refractivity contribution is 6.36. The number of carbonyl (C=O) groups excluding carboxylic acids is 1. The van der Waals surface area contributed by atoms with Gasteiger partial charge in [-0.3, -0.25) is 9.89 Å². The van der Waals surface area contributed by atoms with Gasteiger partial charge >= 0.3 is 0 Å². The highest BCUT2D eigenvalue weighted by Gasteiger charge is 2.37. The highest BCUT2D eigenvalue weighted by atomic mass is 35.5. The number of benzene rings is 2. The molecule has 0 unspecified atom stereocenters. The number of fused-ring (bicyclic) bond motifs is 1. The summed E-state index contributed by atoms with van der Waals surface area (Å²) in [7, 11) is 0. The lowest BCUT2D eigenvalue weighted by molar-refractivity contribution is -0.121. The average Bonchev–Trinajstić information content (AvgIpc) is 3.15. The number of carbonyl (C=O) groups is 1. The fourth-order valence-electron chi connectivity index (χ4n) is 4.72. The molecule has 0 spiro atoms. The molecule has 2 aromatic carbocycles. The van der Waals surface area contributed by atoms with Crippen LogP contribution in [0.1, 0.15) is 48.8 Å². The van der Waals surface area contributed by atoms with Crippen molar-refractivity contribution in [3.63, 3.8) is 0 Å². The summed E-state index contributed by atoms with van der Waals surface area (Å²) in [5, 5.41) is 12.1. The topological polar surface area (TPSA) is 79.9 Å². The van der Waals surface area contributed by atoms with E-state index in [0.29, 0.717) is 33.1 Å². The third-order valence-corrected chi connectivity index (χ3v) is 7.62. The first-order valence-corrected chi connectivity index (χ1v) is 13.4. The van der Waals surface area contributed by atoms with Gasteiger partial charge in [-0.1, -0.05) is 46.9 Å². The van der Waals surface area contributed by atoms with Crippen molar-refractivity contribution in [2.75, 3.05) is 0 Å². The Morgan fingerprint density at radius 3 is 2.42 bits per heavy atom. The number of halogens is 3. The quantitative estimate of drug-likeness (QED) is 0.258. The van der Waals surface area contributed by atoms with E-state index in [1.807, 2.05) is 64.1 Å². The van der Waals surface area contributed by atoms with Gasteiger partial charge in [-0.25, -0.2) is 4.98 Å². The van der Waals surface area contributed by atoms with Crippen LogP contribution in [0.5, 0.6) is 5.88 Å². The van der Waals surface area contributed by atoms with E-state index in [2.05, 4.69) is 15.5 Å². The number of pyridine rings is 1. The third-order valence-electron chi connectivity index (χ3n) is 6.82. The second-order valence-corrected chi connectivity index (χ2v) is 11.5. The van der Waals surface area contributed by atoms with Crippen molar-refractivity contribution in [3.8, 4) is 28.3 Å². The number of aryl methyl sites for hydroxylation is 1. The van der Waals surface area contributed by atoms with E-state index in [9.17, 15) is 4.79 Å². The molecule has 5 rings (SSSR count). The standard InChI is InChI=1S/C29H27Cl3N4O2/c1-15-16(2)35-36-24(15)13-26(37)33-25-14-29(3,4)38-28-22(25)12-21(17-5-7-18(30)8-6-17)27(34-28)20-10-9-19(31)11-23(20)32/h5-12,25H,13-14H2,1-4H3,(H,33,37)(H,35,36)/t25-/m1/s1. The zero-order chi connectivity index (χ0) is 27.2. The van der Waals surface area contributed by atoms with Gasteiger partial charge in [-0.05, 0) is 75.2 Å². The van der Waals surface area contributed by atoms with E-state index in [-0.39, 0.29) is 18.4 Å². The molecule has 196 valence electrons. The van der Waals surface area contributed by atoms with E-state index in [4.69, 9.17) is 44.5 Å². The van der Waals surface area contributed by atoms with Gasteiger partial charge in [0.05, 0.1) is 28.9 Å². The van der Waals surface area contributed by atoms with Crippen LogP contribution in [-0.2, 0) is 11.2 Å². The van der Waals surface area contributed by atoms with Crippen LogP contribution in [0.4, 0.5) is 0 Å². The molecule has 0 radical (unpaired) electrons. The van der Waals surface area contributed by atoms with E-state index >= 15 is 0 Å². The normalized spacial score (nSPS) is 16.0. The predicted molar refractivity (Wildman–Crippen MR) is 152 cm³/mol. The number of nitrogens with one attached hydrogen (secondary N) is 2. The predicted octanol–water partition coefficient (Wildman–Crippen LogP) is 7.68. The molecule has 0 saturated heterocycles. The van der Waals surface area contributed by atoms with Crippen LogP contribution in [0.15, 0.2) is 48.5 Å². The Morgan fingerprint density at radius 1 is 1.05 bits per heavy atom. The molecule has 0 saturated carbocycles. The maximum Gasteiger partial charge on any atom is 0.226 e. The molecule has 2 aromatic heterocycles. The molecule has 1 atom stereocenters. The maximum atomic E-state index is 13.1. The summed E-state index contributed by atoms with van der Waals surface area (Å²) < 4.78 is 6.34. The first-order valence-electron chi connectivity index (χ1n) is 12.3. The number of hydrogen-bond acceptors (Lipinski definition) is 4. The van der Waals surface area contributed by atoms with E-state index in [1.54, 1.807) is 12.1 Å². The number of aromatic nitrogens is 3. The Morgan fingerprint density at radius 2 is 1.76 bits per heavy atom. The summed E-state index contributed by atoms with van der Waals surface area (Å²) in [6, 6.07) is 14.6. The Hall–Kier alpha value is -3.06. The first-order chi connectivity index (χ1) is 18.0. The Kier molecular flexibility index (Phi) is 7.16. The van der Waals surface area contributed by atoms with E-state index in [1.165, 1.54) is 0 Å². The molecule has 0 bridgehead atoms. The number of nitrogens with zero attached hydrogens (tertiary/aromatic N) is 2. The van der Waals surface area contributed by atoms with Crippen molar-refractivity contribution in [2.45, 2.75) is 52.2 Å². The summed E-state index contributed by atoms with van der Waals surface area (Å²) in [4.78, 5) is 18.1. The van der Waals surface area contributed by atoms with Crippen molar-refractivity contribution >= 4 is 40.7 Å². The number of amides is 1. The second kappa shape index (κ2) is 10.3. The number of H-pyrrole nitrogens is 1. The lowest BCUT2D eigenvalue weighted by Gasteiger charge is -2.37. The van der Waals surface area contributed by atoms with E-state index < -0.39 is 5.60 Å². The molecule has 3 heterocycles. The molecular weight excluding hydrogens is 543 g/mol. The summed E-state index contributed by atoms with van der Waals surface area (Å²) >= 11 is 19.0. The first kappa shape index (κ1) is 26.5.